The Morgan fingerprint density at radius 2 is 1.38 bits per heavy atom. The van der Waals surface area contributed by atoms with Crippen molar-refractivity contribution >= 4 is 5.97 Å². The SMILES string of the molecule is CCCCCCCCOC(CCC(=O)OCCC1(CCO)CCN(CCN(C)C)CC1)OCCCCCCCC. The van der Waals surface area contributed by atoms with Crippen LogP contribution in [0.1, 0.15) is 129 Å². The molecule has 238 valence electrons. The van der Waals surface area contributed by atoms with Crippen LogP contribution in [0.5, 0.6) is 0 Å². The summed E-state index contributed by atoms with van der Waals surface area (Å²) in [7, 11) is 4.22. The lowest BCUT2D eigenvalue weighted by molar-refractivity contribution is -0.160. The minimum Gasteiger partial charge on any atom is -0.466 e. The Hall–Kier alpha value is -0.730. The zero-order valence-electron chi connectivity index (χ0n) is 26.9. The topological polar surface area (TPSA) is 71.5 Å². The van der Waals surface area contributed by atoms with Crippen LogP contribution in [-0.2, 0) is 19.0 Å². The molecule has 1 fully saturated rings. The molecule has 0 atom stereocenters. The molecule has 0 aromatic carbocycles. The molecule has 0 radical (unpaired) electrons. The molecule has 7 heteroatoms. The van der Waals surface area contributed by atoms with Gasteiger partial charge in [0.25, 0.3) is 0 Å². The van der Waals surface area contributed by atoms with Crippen molar-refractivity contribution in [3.63, 3.8) is 0 Å². The Bertz CT molecular complexity index is 563. The summed E-state index contributed by atoms with van der Waals surface area (Å²) < 4.78 is 17.8. The van der Waals surface area contributed by atoms with E-state index >= 15 is 0 Å². The Morgan fingerprint density at radius 3 is 1.90 bits per heavy atom. The van der Waals surface area contributed by atoms with Crippen LogP contribution in [0.4, 0.5) is 0 Å². The first-order chi connectivity index (χ1) is 19.4. The van der Waals surface area contributed by atoms with E-state index in [4.69, 9.17) is 14.2 Å². The van der Waals surface area contributed by atoms with Gasteiger partial charge in [0.05, 0.1) is 13.0 Å². The number of aliphatic hydroxyl groups excluding tert-OH is 1. The first-order valence-electron chi connectivity index (χ1n) is 16.8. The number of likely N-dealkylation sites (tertiary alicyclic amines) is 1. The summed E-state index contributed by atoms with van der Waals surface area (Å²) in [5.74, 6) is -0.168. The van der Waals surface area contributed by atoms with Gasteiger partial charge < -0.3 is 29.1 Å². The maximum atomic E-state index is 12.6. The van der Waals surface area contributed by atoms with Crippen molar-refractivity contribution in [2.24, 2.45) is 5.41 Å². The summed E-state index contributed by atoms with van der Waals surface area (Å²) in [4.78, 5) is 17.3. The van der Waals surface area contributed by atoms with E-state index < -0.39 is 0 Å². The Balaban J connectivity index is 2.37. The van der Waals surface area contributed by atoms with Gasteiger partial charge in [0, 0.05) is 39.3 Å². The van der Waals surface area contributed by atoms with E-state index in [1.807, 2.05) is 0 Å². The molecule has 40 heavy (non-hydrogen) atoms. The number of ether oxygens (including phenoxy) is 3. The van der Waals surface area contributed by atoms with Crippen molar-refractivity contribution in [1.29, 1.82) is 0 Å². The van der Waals surface area contributed by atoms with Crippen LogP contribution in [0, 0.1) is 5.41 Å². The van der Waals surface area contributed by atoms with E-state index in [0.717, 1.165) is 64.7 Å². The number of hydrogen-bond donors (Lipinski definition) is 1. The zero-order valence-corrected chi connectivity index (χ0v) is 26.9. The fraction of sp³-hybridized carbons (Fsp3) is 0.970. The molecule has 0 saturated carbocycles. The van der Waals surface area contributed by atoms with Crippen LogP contribution >= 0.6 is 0 Å². The van der Waals surface area contributed by atoms with E-state index in [1.54, 1.807) is 0 Å². The second-order valence-electron chi connectivity index (χ2n) is 12.3. The molecular weight excluding hydrogens is 504 g/mol. The lowest BCUT2D eigenvalue weighted by atomic mass is 9.73. The first-order valence-corrected chi connectivity index (χ1v) is 16.8. The summed E-state index contributed by atoms with van der Waals surface area (Å²) in [6, 6.07) is 0. The van der Waals surface area contributed by atoms with Crippen LogP contribution in [-0.4, -0.2) is 93.9 Å². The molecule has 0 aromatic rings. The average molecular weight is 571 g/mol. The van der Waals surface area contributed by atoms with E-state index in [2.05, 4.69) is 37.7 Å². The molecule has 0 bridgehead atoms. The molecular formula is C33H66N2O5. The van der Waals surface area contributed by atoms with Gasteiger partial charge in [0.15, 0.2) is 6.29 Å². The van der Waals surface area contributed by atoms with Crippen LogP contribution in [0.3, 0.4) is 0 Å². The van der Waals surface area contributed by atoms with Gasteiger partial charge in [-0.05, 0) is 71.1 Å². The van der Waals surface area contributed by atoms with Gasteiger partial charge in [-0.25, -0.2) is 0 Å². The summed E-state index contributed by atoms with van der Waals surface area (Å²) in [6.07, 6.45) is 19.0. The van der Waals surface area contributed by atoms with Crippen LogP contribution in [0.2, 0.25) is 0 Å². The van der Waals surface area contributed by atoms with Crippen molar-refractivity contribution < 1.29 is 24.1 Å². The van der Waals surface area contributed by atoms with Crippen LogP contribution < -0.4 is 0 Å². The zero-order chi connectivity index (χ0) is 29.3. The first kappa shape index (κ1) is 37.3. The van der Waals surface area contributed by atoms with Crippen molar-refractivity contribution in [2.75, 3.05) is 66.7 Å². The van der Waals surface area contributed by atoms with Crippen LogP contribution in [0.15, 0.2) is 0 Å². The van der Waals surface area contributed by atoms with Crippen LogP contribution in [0.25, 0.3) is 0 Å². The van der Waals surface area contributed by atoms with Gasteiger partial charge in [0.2, 0.25) is 0 Å². The van der Waals surface area contributed by atoms with E-state index in [-0.39, 0.29) is 24.3 Å². The van der Waals surface area contributed by atoms with Crippen molar-refractivity contribution in [3.05, 3.63) is 0 Å². The Morgan fingerprint density at radius 1 is 0.825 bits per heavy atom. The number of likely N-dealkylation sites (N-methyl/N-ethyl adjacent to an activating group) is 1. The van der Waals surface area contributed by atoms with Crippen molar-refractivity contribution in [3.8, 4) is 0 Å². The van der Waals surface area contributed by atoms with Gasteiger partial charge in [-0.1, -0.05) is 78.1 Å². The third-order valence-electron chi connectivity index (χ3n) is 8.51. The molecule has 1 saturated heterocycles. The number of esters is 1. The normalized spacial score (nSPS) is 15.8. The summed E-state index contributed by atoms with van der Waals surface area (Å²) >= 11 is 0. The number of carbonyl (C=O) groups excluding carboxylic acids is 1. The highest BCUT2D eigenvalue weighted by atomic mass is 16.7. The lowest BCUT2D eigenvalue weighted by Gasteiger charge is -2.42. The summed E-state index contributed by atoms with van der Waals surface area (Å²) in [5.41, 5.74) is 0.0761. The third kappa shape index (κ3) is 19.4. The largest absolute Gasteiger partial charge is 0.466 e. The number of carbonyl (C=O) groups is 1. The number of aliphatic hydroxyl groups is 1. The van der Waals surface area contributed by atoms with Gasteiger partial charge in [-0.3, -0.25) is 4.79 Å². The second-order valence-corrected chi connectivity index (χ2v) is 12.3. The molecule has 7 nitrogen and oxygen atoms in total. The highest BCUT2D eigenvalue weighted by molar-refractivity contribution is 5.69. The summed E-state index contributed by atoms with van der Waals surface area (Å²) in [5, 5.41) is 9.71. The summed E-state index contributed by atoms with van der Waals surface area (Å²) in [6.45, 7) is 10.7. The number of rotatable bonds is 27. The molecule has 1 heterocycles. The average Bonchev–Trinajstić information content (AvgIpc) is 2.94. The predicted molar refractivity (Wildman–Crippen MR) is 166 cm³/mol. The quantitative estimate of drug-likeness (QED) is 0.0661. The van der Waals surface area contributed by atoms with E-state index in [0.29, 0.717) is 32.7 Å². The molecule has 0 aromatic heterocycles. The van der Waals surface area contributed by atoms with Gasteiger partial charge >= 0.3 is 5.97 Å². The molecule has 0 unspecified atom stereocenters. The van der Waals surface area contributed by atoms with Gasteiger partial charge in [0.1, 0.15) is 0 Å². The Kier molecular flexibility index (Phi) is 23.2. The monoisotopic (exact) mass is 570 g/mol. The lowest BCUT2D eigenvalue weighted by Crippen LogP contribution is -2.43. The third-order valence-corrected chi connectivity index (χ3v) is 8.51. The second kappa shape index (κ2) is 24.8. The standard InChI is InChI=1S/C33H66N2O5/c1-5-7-9-11-13-15-28-39-32(40-29-16-14-12-10-8-6-2)18-17-31(37)38-30-22-33(21-27-36)19-23-35(24-20-33)26-25-34(3)4/h32,36H,5-30H2,1-4H3. The van der Waals surface area contributed by atoms with Gasteiger partial charge in [-0.2, -0.15) is 0 Å². The van der Waals surface area contributed by atoms with Crippen molar-refractivity contribution in [2.45, 2.75) is 136 Å². The highest BCUT2D eigenvalue weighted by Gasteiger charge is 2.34. The molecule has 0 amide bonds. The smallest absolute Gasteiger partial charge is 0.305 e. The fourth-order valence-electron chi connectivity index (χ4n) is 5.55. The minimum absolute atomic E-state index is 0.0761. The Labute approximate surface area is 247 Å². The number of piperidine rings is 1. The molecule has 0 aliphatic carbocycles. The maximum absolute atomic E-state index is 12.6. The number of unbranched alkanes of at least 4 members (excludes halogenated alkanes) is 10. The molecule has 1 aliphatic rings. The van der Waals surface area contributed by atoms with Crippen molar-refractivity contribution in [1.82, 2.24) is 9.80 Å². The molecule has 1 aliphatic heterocycles. The van der Waals surface area contributed by atoms with E-state index in [9.17, 15) is 9.90 Å². The minimum atomic E-state index is -0.328. The fourth-order valence-corrected chi connectivity index (χ4v) is 5.55. The van der Waals surface area contributed by atoms with Gasteiger partial charge in [-0.15, -0.1) is 0 Å². The molecule has 0 spiro atoms. The maximum Gasteiger partial charge on any atom is 0.305 e. The predicted octanol–water partition coefficient (Wildman–Crippen LogP) is 6.81. The number of hydrogen-bond acceptors (Lipinski definition) is 7. The molecule has 1 N–H and O–H groups in total. The van der Waals surface area contributed by atoms with E-state index in [1.165, 1.54) is 64.2 Å². The molecule has 1 rings (SSSR count). The number of nitrogens with zero attached hydrogens (tertiary/aromatic N) is 2. The highest BCUT2D eigenvalue weighted by Crippen LogP contribution is 2.38.